The van der Waals surface area contributed by atoms with Crippen LogP contribution in [0.4, 0.5) is 4.39 Å². The summed E-state index contributed by atoms with van der Waals surface area (Å²) in [6.45, 7) is 3.65. The molecule has 0 radical (unpaired) electrons. The van der Waals surface area contributed by atoms with E-state index in [1.54, 1.807) is 12.1 Å². The first-order valence-corrected chi connectivity index (χ1v) is 8.37. The van der Waals surface area contributed by atoms with Crippen LogP contribution in [0.5, 0.6) is 5.75 Å². The quantitative estimate of drug-likeness (QED) is 0.618. The highest BCUT2D eigenvalue weighted by Crippen LogP contribution is 2.46. The monoisotopic (exact) mass is 348 g/mol. The molecule has 2 heterocycles. The van der Waals surface area contributed by atoms with Gasteiger partial charge in [-0.2, -0.15) is 5.48 Å². The van der Waals surface area contributed by atoms with Crippen LogP contribution >= 0.6 is 0 Å². The second kappa shape index (κ2) is 5.98. The molecule has 4 rings (SSSR count). The number of hydrogen-bond acceptors (Lipinski definition) is 4. The normalized spacial score (nSPS) is 27.2. The molecule has 25 heavy (non-hydrogen) atoms. The number of fused-ring (bicyclic) bond motifs is 1. The van der Waals surface area contributed by atoms with Gasteiger partial charge in [0.1, 0.15) is 18.2 Å². The summed E-state index contributed by atoms with van der Waals surface area (Å²) in [5.74, 6) is 0.219. The third-order valence-corrected chi connectivity index (χ3v) is 5.17. The molecule has 1 aromatic carbocycles. The maximum atomic E-state index is 13.2. The van der Waals surface area contributed by atoms with E-state index in [0.717, 1.165) is 17.0 Å². The van der Waals surface area contributed by atoms with Crippen molar-refractivity contribution < 1.29 is 21.9 Å². The van der Waals surface area contributed by atoms with Crippen LogP contribution in [0.2, 0.25) is 0 Å². The first kappa shape index (κ1) is 16.3. The molecule has 2 N–H and O–H groups in total. The van der Waals surface area contributed by atoms with E-state index in [1.807, 2.05) is 6.20 Å². The van der Waals surface area contributed by atoms with Gasteiger partial charge >= 0.3 is 0 Å². The molecule has 2 unspecified atom stereocenters. The summed E-state index contributed by atoms with van der Waals surface area (Å²) in [6, 6.07) is 8.22. The van der Waals surface area contributed by atoms with Crippen LogP contribution in [-0.2, 0) is 11.3 Å². The van der Waals surface area contributed by atoms with Crippen molar-refractivity contribution in [2.24, 2.45) is 5.41 Å². The van der Waals surface area contributed by atoms with Gasteiger partial charge in [0, 0.05) is 25.9 Å². The van der Waals surface area contributed by atoms with Gasteiger partial charge in [0.2, 0.25) is 0 Å². The minimum Gasteiger partial charge on any atom is -0.492 e. The molecule has 2 atom stereocenters. The SMILES string of the molecule is CC1(C2(NO)CO2)C=c2c(ccn2CCOc2cccc(F)c2)=CC1.[HH].[HH]. The molecule has 6 heteroatoms. The van der Waals surface area contributed by atoms with Crippen LogP contribution in [0.15, 0.2) is 36.5 Å². The van der Waals surface area contributed by atoms with E-state index in [-0.39, 0.29) is 14.1 Å². The van der Waals surface area contributed by atoms with E-state index >= 15 is 0 Å². The summed E-state index contributed by atoms with van der Waals surface area (Å²) in [6.07, 6.45) is 7.13. The van der Waals surface area contributed by atoms with E-state index < -0.39 is 5.72 Å². The van der Waals surface area contributed by atoms with E-state index in [0.29, 0.717) is 25.5 Å². The average Bonchev–Trinajstić information content (AvgIpc) is 3.33. The molecular weight excluding hydrogens is 323 g/mol. The minimum atomic E-state index is -0.700. The predicted octanol–water partition coefficient (Wildman–Crippen LogP) is 1.87. The highest BCUT2D eigenvalue weighted by Gasteiger charge is 2.58. The third kappa shape index (κ3) is 2.86. The summed E-state index contributed by atoms with van der Waals surface area (Å²) in [5.41, 5.74) is 1.31. The maximum Gasteiger partial charge on any atom is 0.173 e. The topological polar surface area (TPSA) is 59.0 Å². The van der Waals surface area contributed by atoms with Gasteiger partial charge in [0.05, 0.1) is 13.2 Å². The van der Waals surface area contributed by atoms with Gasteiger partial charge in [0.25, 0.3) is 0 Å². The number of hydroxylamine groups is 1. The molecule has 0 saturated carbocycles. The fourth-order valence-corrected chi connectivity index (χ4v) is 3.41. The third-order valence-electron chi connectivity index (χ3n) is 5.17. The molecule has 136 valence electrons. The zero-order valence-electron chi connectivity index (χ0n) is 14.0. The Morgan fingerprint density at radius 3 is 3.00 bits per heavy atom. The Labute approximate surface area is 147 Å². The Morgan fingerprint density at radius 2 is 2.28 bits per heavy atom. The van der Waals surface area contributed by atoms with Crippen LogP contribution in [0.25, 0.3) is 12.2 Å². The molecule has 0 spiro atoms. The standard InChI is InChI=1S/C19H21FN2O3.2H2/c1-18(19(21-23)13-25-19)7-5-14-6-8-22(17(14)12-18)9-10-24-16-4-2-3-15(20)11-16;;/h2-6,8,11-12,21,23H,7,9-10,13H2,1H3;2*1H. The van der Waals surface area contributed by atoms with E-state index in [2.05, 4.69) is 35.2 Å². The molecule has 0 bridgehead atoms. The number of rotatable bonds is 6. The zero-order chi connectivity index (χ0) is 17.5. The van der Waals surface area contributed by atoms with Gasteiger partial charge < -0.3 is 19.2 Å². The zero-order valence-corrected chi connectivity index (χ0v) is 14.0. The Bertz CT molecular complexity index is 914. The molecule has 0 amide bonds. The van der Waals surface area contributed by atoms with E-state index in [4.69, 9.17) is 9.47 Å². The average molecular weight is 348 g/mol. The molecule has 1 aliphatic carbocycles. The molecule has 2 aromatic rings. The van der Waals surface area contributed by atoms with Crippen LogP contribution in [0.3, 0.4) is 0 Å². The molecule has 5 nitrogen and oxygen atoms in total. The molecule has 1 aromatic heterocycles. The summed E-state index contributed by atoms with van der Waals surface area (Å²) in [7, 11) is 0. The number of halogens is 1. The molecular formula is C19H25FN2O3. The van der Waals surface area contributed by atoms with Crippen molar-refractivity contribution in [3.05, 3.63) is 52.9 Å². The largest absolute Gasteiger partial charge is 0.492 e. The number of ether oxygens (including phenoxy) is 2. The van der Waals surface area contributed by atoms with Gasteiger partial charge in [-0.1, -0.05) is 19.1 Å². The van der Waals surface area contributed by atoms with Crippen LogP contribution in [-0.4, -0.2) is 28.7 Å². The Kier molecular flexibility index (Phi) is 3.91. The van der Waals surface area contributed by atoms with Gasteiger partial charge in [-0.05, 0) is 35.9 Å². The highest BCUT2D eigenvalue weighted by molar-refractivity contribution is 5.46. The second-order valence-corrected chi connectivity index (χ2v) is 6.85. The van der Waals surface area contributed by atoms with Crippen molar-refractivity contribution in [3.63, 3.8) is 0 Å². The lowest BCUT2D eigenvalue weighted by Gasteiger charge is -2.32. The van der Waals surface area contributed by atoms with Crippen LogP contribution in [0, 0.1) is 11.2 Å². The van der Waals surface area contributed by atoms with Gasteiger partial charge in [-0.15, -0.1) is 0 Å². The molecule has 1 saturated heterocycles. The summed E-state index contributed by atoms with van der Waals surface area (Å²) in [5, 5.41) is 11.7. The number of hydrogen-bond donors (Lipinski definition) is 2. The number of aromatic nitrogens is 1. The van der Waals surface area contributed by atoms with Gasteiger partial charge in [-0.25, -0.2) is 4.39 Å². The Hall–Kier alpha value is -2.15. The number of nitrogens with zero attached hydrogens (tertiary/aromatic N) is 1. The van der Waals surface area contributed by atoms with Crippen LogP contribution in [0.1, 0.15) is 16.2 Å². The Morgan fingerprint density at radius 1 is 1.44 bits per heavy atom. The van der Waals surface area contributed by atoms with Gasteiger partial charge in [0.15, 0.2) is 5.72 Å². The molecule has 2 aliphatic rings. The van der Waals surface area contributed by atoms with Crippen molar-refractivity contribution in [2.75, 3.05) is 13.2 Å². The highest BCUT2D eigenvalue weighted by atomic mass is 19.1. The number of benzene rings is 1. The van der Waals surface area contributed by atoms with Crippen molar-refractivity contribution in [1.82, 2.24) is 10.0 Å². The van der Waals surface area contributed by atoms with E-state index in [9.17, 15) is 9.60 Å². The molecule has 1 fully saturated rings. The summed E-state index contributed by atoms with van der Waals surface area (Å²) >= 11 is 0. The van der Waals surface area contributed by atoms with Gasteiger partial charge in [-0.3, -0.25) is 0 Å². The summed E-state index contributed by atoms with van der Waals surface area (Å²) in [4.78, 5) is 0. The van der Waals surface area contributed by atoms with Crippen molar-refractivity contribution >= 4 is 12.2 Å². The summed E-state index contributed by atoms with van der Waals surface area (Å²) < 4.78 is 26.4. The Balaban J connectivity index is 0.00000131. The predicted molar refractivity (Wildman–Crippen MR) is 95.1 cm³/mol. The number of epoxide rings is 1. The fourth-order valence-electron chi connectivity index (χ4n) is 3.41. The lowest BCUT2D eigenvalue weighted by molar-refractivity contribution is 0.00445. The minimum absolute atomic E-state index is 0. The number of nitrogens with one attached hydrogen (secondary N) is 1. The fraction of sp³-hybridized carbons (Fsp3) is 0.368. The smallest absolute Gasteiger partial charge is 0.173 e. The van der Waals surface area contributed by atoms with Crippen molar-refractivity contribution in [2.45, 2.75) is 25.6 Å². The first-order valence-electron chi connectivity index (χ1n) is 8.37. The molecule has 1 aliphatic heterocycles. The second-order valence-electron chi connectivity index (χ2n) is 6.85. The van der Waals surface area contributed by atoms with Crippen molar-refractivity contribution in [1.29, 1.82) is 0 Å². The van der Waals surface area contributed by atoms with E-state index in [1.165, 1.54) is 12.1 Å². The lowest BCUT2D eigenvalue weighted by atomic mass is 9.77. The first-order chi connectivity index (χ1) is 12.1. The van der Waals surface area contributed by atoms with Crippen molar-refractivity contribution in [3.8, 4) is 5.75 Å². The lowest BCUT2D eigenvalue weighted by Crippen LogP contribution is -2.49. The maximum absolute atomic E-state index is 13.2. The van der Waals surface area contributed by atoms with Crippen LogP contribution < -0.4 is 20.8 Å².